The Balaban J connectivity index is 2.64. The molecule has 0 bridgehead atoms. The Morgan fingerprint density at radius 3 is 2.44 bits per heavy atom. The molecule has 0 unspecified atom stereocenters. The molecule has 0 aromatic heterocycles. The summed E-state index contributed by atoms with van der Waals surface area (Å²) in [6, 6.07) is 5.84. The van der Waals surface area contributed by atoms with Gasteiger partial charge in [-0.25, -0.2) is 0 Å². The number of hydrogen-bond acceptors (Lipinski definition) is 5. The number of ether oxygens (including phenoxy) is 1. The molecule has 1 aromatic carbocycles. The number of oxime groups is 1. The summed E-state index contributed by atoms with van der Waals surface area (Å²) < 4.78 is 30.2. The molecule has 1 aromatic rings. The van der Waals surface area contributed by atoms with E-state index in [1.807, 2.05) is 0 Å². The van der Waals surface area contributed by atoms with Crippen LogP contribution in [0.4, 0.5) is 0 Å². The van der Waals surface area contributed by atoms with E-state index in [0.29, 0.717) is 10.8 Å². The molecule has 0 saturated heterocycles. The largest absolute Gasteiger partial charge is 0.424 e. The highest BCUT2D eigenvalue weighted by molar-refractivity contribution is 7.85. The Labute approximate surface area is 97.7 Å². The minimum Gasteiger partial charge on any atom is -0.424 e. The van der Waals surface area contributed by atoms with Crippen molar-refractivity contribution < 1.29 is 17.4 Å². The summed E-state index contributed by atoms with van der Waals surface area (Å²) in [7, 11) is -3.69. The molecule has 8 heteroatoms. The van der Waals surface area contributed by atoms with Gasteiger partial charge in [-0.1, -0.05) is 11.6 Å². The van der Waals surface area contributed by atoms with Gasteiger partial charge in [0.25, 0.3) is 0 Å². The van der Waals surface area contributed by atoms with Gasteiger partial charge in [0.2, 0.25) is 0 Å². The smallest absolute Gasteiger partial charge is 0.328 e. The molecule has 0 spiro atoms. The Hall–Kier alpha value is -1.47. The van der Waals surface area contributed by atoms with E-state index in [9.17, 15) is 8.42 Å². The summed E-state index contributed by atoms with van der Waals surface area (Å²) in [5.41, 5.74) is 5.26. The fraction of sp³-hybridized carbons (Fsp3) is 0.125. The molecule has 0 fully saturated rings. The summed E-state index contributed by atoms with van der Waals surface area (Å²) in [6.45, 7) is 0. The maximum absolute atomic E-state index is 10.6. The second kappa shape index (κ2) is 5.04. The first-order valence-corrected chi connectivity index (χ1v) is 6.22. The first-order chi connectivity index (χ1) is 7.37. The fourth-order valence-electron chi connectivity index (χ4n) is 0.746. The number of nitrogens with two attached hydrogens (primary N) is 1. The van der Waals surface area contributed by atoms with Gasteiger partial charge in [-0.3, -0.25) is 4.28 Å². The lowest BCUT2D eigenvalue weighted by Crippen LogP contribution is -2.20. The predicted octanol–water partition coefficient (Wildman–Crippen LogP) is 0.925. The van der Waals surface area contributed by atoms with E-state index in [2.05, 4.69) is 9.44 Å². The van der Waals surface area contributed by atoms with Gasteiger partial charge < -0.3 is 10.5 Å². The van der Waals surface area contributed by atoms with E-state index in [0.717, 1.165) is 6.26 Å². The molecule has 0 saturated carbocycles. The zero-order valence-electron chi connectivity index (χ0n) is 8.25. The third-order valence-electron chi connectivity index (χ3n) is 1.30. The highest BCUT2D eigenvalue weighted by atomic mass is 35.5. The van der Waals surface area contributed by atoms with Crippen molar-refractivity contribution in [3.63, 3.8) is 0 Å². The molecule has 0 atom stereocenters. The average molecular weight is 265 g/mol. The summed E-state index contributed by atoms with van der Waals surface area (Å²) in [4.78, 5) is 0. The van der Waals surface area contributed by atoms with Gasteiger partial charge in [-0.15, -0.1) is 0 Å². The van der Waals surface area contributed by atoms with Crippen molar-refractivity contribution in [1.29, 1.82) is 0 Å². The first-order valence-electron chi connectivity index (χ1n) is 4.02. The summed E-state index contributed by atoms with van der Waals surface area (Å²) in [5.74, 6) is 0.364. The van der Waals surface area contributed by atoms with Crippen molar-refractivity contribution in [3.8, 4) is 5.75 Å². The van der Waals surface area contributed by atoms with Crippen molar-refractivity contribution >= 4 is 27.7 Å². The second-order valence-electron chi connectivity index (χ2n) is 2.76. The van der Waals surface area contributed by atoms with Gasteiger partial charge in [0.1, 0.15) is 5.75 Å². The van der Waals surface area contributed by atoms with Gasteiger partial charge in [-0.2, -0.15) is 8.42 Å². The third kappa shape index (κ3) is 4.85. The molecular formula is C8H9ClN2O4S. The minimum atomic E-state index is -3.69. The molecule has 0 aliphatic rings. The highest BCUT2D eigenvalue weighted by Gasteiger charge is 2.03. The topological polar surface area (TPSA) is 91.0 Å². The third-order valence-corrected chi connectivity index (χ3v) is 1.90. The van der Waals surface area contributed by atoms with Crippen LogP contribution in [0.3, 0.4) is 0 Å². The van der Waals surface area contributed by atoms with E-state index in [4.69, 9.17) is 22.1 Å². The van der Waals surface area contributed by atoms with Gasteiger partial charge in [-0.05, 0) is 29.4 Å². The van der Waals surface area contributed by atoms with Crippen molar-refractivity contribution in [1.82, 2.24) is 0 Å². The minimum absolute atomic E-state index is 0.364. The SMILES string of the molecule is CS(=O)(=O)O/N=C(\N)Oc1ccc(Cl)cc1. The van der Waals surface area contributed by atoms with E-state index < -0.39 is 16.1 Å². The van der Waals surface area contributed by atoms with Gasteiger partial charge in [0, 0.05) is 5.02 Å². The second-order valence-corrected chi connectivity index (χ2v) is 4.76. The molecule has 6 nitrogen and oxygen atoms in total. The number of benzene rings is 1. The Bertz CT molecular complexity index is 483. The van der Waals surface area contributed by atoms with Crippen molar-refractivity contribution in [2.45, 2.75) is 0 Å². The van der Waals surface area contributed by atoms with Crippen LogP contribution in [0.25, 0.3) is 0 Å². The van der Waals surface area contributed by atoms with E-state index in [1.54, 1.807) is 24.3 Å². The lowest BCUT2D eigenvalue weighted by atomic mass is 10.3. The fourth-order valence-corrected chi connectivity index (χ4v) is 1.08. The van der Waals surface area contributed by atoms with Gasteiger partial charge in [0.15, 0.2) is 0 Å². The molecule has 2 N–H and O–H groups in total. The van der Waals surface area contributed by atoms with Gasteiger partial charge >= 0.3 is 16.1 Å². The molecule has 1 rings (SSSR count). The predicted molar refractivity (Wildman–Crippen MR) is 59.6 cm³/mol. The lowest BCUT2D eigenvalue weighted by Gasteiger charge is -2.03. The highest BCUT2D eigenvalue weighted by Crippen LogP contribution is 2.15. The Kier molecular flexibility index (Phi) is 3.97. The average Bonchev–Trinajstić information content (AvgIpc) is 2.18. The van der Waals surface area contributed by atoms with Crippen molar-refractivity contribution in [2.75, 3.05) is 6.26 Å². The van der Waals surface area contributed by atoms with E-state index in [-0.39, 0.29) is 0 Å². The maximum Gasteiger partial charge on any atom is 0.328 e. The number of halogens is 1. The Morgan fingerprint density at radius 1 is 1.38 bits per heavy atom. The molecule has 16 heavy (non-hydrogen) atoms. The summed E-state index contributed by atoms with van der Waals surface area (Å²) >= 11 is 5.65. The summed E-state index contributed by atoms with van der Waals surface area (Å²) in [5, 5.41) is 3.60. The molecule has 0 aliphatic heterocycles. The molecule has 0 amide bonds. The lowest BCUT2D eigenvalue weighted by molar-refractivity contribution is 0.327. The molecule has 0 radical (unpaired) electrons. The molecular weight excluding hydrogens is 256 g/mol. The van der Waals surface area contributed by atoms with Gasteiger partial charge in [0.05, 0.1) is 6.26 Å². The van der Waals surface area contributed by atoms with Crippen LogP contribution < -0.4 is 10.5 Å². The van der Waals surface area contributed by atoms with Crippen molar-refractivity contribution in [3.05, 3.63) is 29.3 Å². The molecule has 88 valence electrons. The van der Waals surface area contributed by atoms with Crippen LogP contribution in [-0.4, -0.2) is 20.7 Å². The number of amidine groups is 1. The van der Waals surface area contributed by atoms with Crippen molar-refractivity contribution in [2.24, 2.45) is 10.9 Å². The normalized spacial score (nSPS) is 12.2. The zero-order chi connectivity index (χ0) is 12.2. The Morgan fingerprint density at radius 2 is 1.94 bits per heavy atom. The monoisotopic (exact) mass is 264 g/mol. The standard InChI is InChI=1S/C8H9ClN2O4S/c1-16(12,13)15-11-8(10)14-7-4-2-6(9)3-5-7/h2-5H,1H3,(H2,10,11). The zero-order valence-corrected chi connectivity index (χ0v) is 9.83. The molecule has 0 aliphatic carbocycles. The van der Waals surface area contributed by atoms with Crippen LogP contribution in [0.1, 0.15) is 0 Å². The van der Waals surface area contributed by atoms with E-state index >= 15 is 0 Å². The number of nitrogens with zero attached hydrogens (tertiary/aromatic N) is 1. The molecule has 0 heterocycles. The quantitative estimate of drug-likeness (QED) is 0.498. The van der Waals surface area contributed by atoms with Crippen LogP contribution in [0, 0.1) is 0 Å². The number of rotatable bonds is 3. The summed E-state index contributed by atoms with van der Waals surface area (Å²) in [6.07, 6.45) is 0.839. The van der Waals surface area contributed by atoms with Crippen LogP contribution >= 0.6 is 11.6 Å². The van der Waals surface area contributed by atoms with E-state index in [1.165, 1.54) is 0 Å². The van der Waals surface area contributed by atoms with Crippen LogP contribution in [0.5, 0.6) is 5.75 Å². The van der Waals surface area contributed by atoms with Crippen LogP contribution in [0.2, 0.25) is 5.02 Å². The maximum atomic E-state index is 10.6. The first kappa shape index (κ1) is 12.6. The van der Waals surface area contributed by atoms with Crippen LogP contribution in [-0.2, 0) is 14.4 Å². The van der Waals surface area contributed by atoms with Crippen LogP contribution in [0.15, 0.2) is 29.4 Å². The number of hydrogen-bond donors (Lipinski definition) is 1.